The van der Waals surface area contributed by atoms with Gasteiger partial charge in [-0.25, -0.2) is 8.42 Å². The van der Waals surface area contributed by atoms with E-state index in [4.69, 9.17) is 10.6 Å². The standard InChI is InChI=1S/C11H16N4O5S/c1-8-7-20-5-4-14(8)21(18,19)11-3-2-9(15(16)17)6-10(11)13-12/h2-3,6,8,13H,4-5,7,12H2,1H3. The lowest BCUT2D eigenvalue weighted by Gasteiger charge is -2.32. The van der Waals surface area contributed by atoms with E-state index in [1.54, 1.807) is 6.92 Å². The van der Waals surface area contributed by atoms with Crippen molar-refractivity contribution in [3.8, 4) is 0 Å². The predicted octanol–water partition coefficient (Wildman–Crippen LogP) is 0.290. The molecule has 0 aliphatic carbocycles. The molecule has 2 rings (SSSR count). The van der Waals surface area contributed by atoms with E-state index in [-0.39, 0.29) is 28.9 Å². The van der Waals surface area contributed by atoms with Gasteiger partial charge in [-0.15, -0.1) is 0 Å². The minimum absolute atomic E-state index is 0.0112. The fourth-order valence-corrected chi connectivity index (χ4v) is 3.90. The molecule has 0 amide bonds. The van der Waals surface area contributed by atoms with Crippen LogP contribution in [-0.2, 0) is 14.8 Å². The van der Waals surface area contributed by atoms with Gasteiger partial charge < -0.3 is 10.2 Å². The quantitative estimate of drug-likeness (QED) is 0.464. The van der Waals surface area contributed by atoms with Crippen LogP contribution in [0.2, 0.25) is 0 Å². The number of nitro benzene ring substituents is 1. The number of rotatable bonds is 4. The van der Waals surface area contributed by atoms with Crippen LogP contribution in [0.4, 0.5) is 11.4 Å². The molecule has 21 heavy (non-hydrogen) atoms. The van der Waals surface area contributed by atoms with Gasteiger partial charge in [-0.1, -0.05) is 0 Å². The molecular formula is C11H16N4O5S. The van der Waals surface area contributed by atoms with E-state index >= 15 is 0 Å². The summed E-state index contributed by atoms with van der Waals surface area (Å²) in [7, 11) is -3.81. The first-order chi connectivity index (χ1) is 9.87. The van der Waals surface area contributed by atoms with Gasteiger partial charge in [0.15, 0.2) is 0 Å². The summed E-state index contributed by atoms with van der Waals surface area (Å²) in [6.45, 7) is 2.57. The number of anilines is 1. The van der Waals surface area contributed by atoms with Crippen LogP contribution in [0.15, 0.2) is 23.1 Å². The van der Waals surface area contributed by atoms with Crippen LogP contribution >= 0.6 is 0 Å². The molecule has 10 heteroatoms. The number of hydrazine groups is 1. The lowest BCUT2D eigenvalue weighted by Crippen LogP contribution is -2.47. The van der Waals surface area contributed by atoms with Crippen molar-refractivity contribution in [2.24, 2.45) is 5.84 Å². The fraction of sp³-hybridized carbons (Fsp3) is 0.455. The Morgan fingerprint density at radius 3 is 2.81 bits per heavy atom. The number of nitrogens with zero attached hydrogens (tertiary/aromatic N) is 2. The maximum atomic E-state index is 12.7. The number of hydrogen-bond acceptors (Lipinski definition) is 7. The van der Waals surface area contributed by atoms with Crippen molar-refractivity contribution >= 4 is 21.4 Å². The Hall–Kier alpha value is -1.75. The highest BCUT2D eigenvalue weighted by molar-refractivity contribution is 7.89. The summed E-state index contributed by atoms with van der Waals surface area (Å²) in [6.07, 6.45) is 0. The third-order valence-corrected chi connectivity index (χ3v) is 5.29. The Kier molecular flexibility index (Phi) is 4.42. The number of nitro groups is 1. The Morgan fingerprint density at radius 1 is 1.52 bits per heavy atom. The first-order valence-corrected chi connectivity index (χ1v) is 7.66. The fourth-order valence-electron chi connectivity index (χ4n) is 2.16. The Balaban J connectivity index is 2.46. The van der Waals surface area contributed by atoms with Gasteiger partial charge in [-0.2, -0.15) is 4.31 Å². The van der Waals surface area contributed by atoms with Gasteiger partial charge in [0.05, 0.1) is 23.8 Å². The van der Waals surface area contributed by atoms with Crippen LogP contribution in [0.5, 0.6) is 0 Å². The summed E-state index contributed by atoms with van der Waals surface area (Å²) in [5.41, 5.74) is 1.96. The first-order valence-electron chi connectivity index (χ1n) is 6.22. The van der Waals surface area contributed by atoms with E-state index in [0.29, 0.717) is 13.2 Å². The zero-order valence-electron chi connectivity index (χ0n) is 11.4. The van der Waals surface area contributed by atoms with Crippen molar-refractivity contribution in [3.63, 3.8) is 0 Å². The van der Waals surface area contributed by atoms with E-state index in [0.717, 1.165) is 12.1 Å². The van der Waals surface area contributed by atoms with Crippen molar-refractivity contribution in [3.05, 3.63) is 28.3 Å². The molecule has 1 unspecified atom stereocenters. The molecule has 1 heterocycles. The Bertz CT molecular complexity index is 648. The van der Waals surface area contributed by atoms with E-state index in [2.05, 4.69) is 5.43 Å². The highest BCUT2D eigenvalue weighted by Crippen LogP contribution is 2.29. The van der Waals surface area contributed by atoms with Crippen molar-refractivity contribution in [1.29, 1.82) is 0 Å². The highest BCUT2D eigenvalue weighted by Gasteiger charge is 2.33. The van der Waals surface area contributed by atoms with Crippen LogP contribution < -0.4 is 11.3 Å². The smallest absolute Gasteiger partial charge is 0.271 e. The van der Waals surface area contributed by atoms with E-state index in [1.807, 2.05) is 0 Å². The van der Waals surface area contributed by atoms with Crippen molar-refractivity contribution in [2.45, 2.75) is 17.9 Å². The van der Waals surface area contributed by atoms with Crippen molar-refractivity contribution in [1.82, 2.24) is 4.31 Å². The van der Waals surface area contributed by atoms with Crippen LogP contribution in [-0.4, -0.2) is 43.4 Å². The van der Waals surface area contributed by atoms with Gasteiger partial charge in [-0.05, 0) is 13.0 Å². The second kappa shape index (κ2) is 5.93. The second-order valence-corrected chi connectivity index (χ2v) is 6.48. The summed E-state index contributed by atoms with van der Waals surface area (Å²) < 4.78 is 31.8. The molecule has 116 valence electrons. The van der Waals surface area contributed by atoms with Gasteiger partial charge in [0.2, 0.25) is 10.0 Å². The van der Waals surface area contributed by atoms with Crippen LogP contribution in [0, 0.1) is 10.1 Å². The molecule has 0 spiro atoms. The predicted molar refractivity (Wildman–Crippen MR) is 75.1 cm³/mol. The largest absolute Gasteiger partial charge is 0.378 e. The zero-order valence-corrected chi connectivity index (χ0v) is 12.2. The number of sulfonamides is 1. The van der Waals surface area contributed by atoms with Gasteiger partial charge in [0.1, 0.15) is 4.90 Å². The van der Waals surface area contributed by atoms with Crippen molar-refractivity contribution in [2.75, 3.05) is 25.2 Å². The molecule has 1 aliphatic heterocycles. The third-order valence-electron chi connectivity index (χ3n) is 3.22. The van der Waals surface area contributed by atoms with Gasteiger partial charge >= 0.3 is 0 Å². The number of nitrogen functional groups attached to an aromatic ring is 1. The lowest BCUT2D eigenvalue weighted by molar-refractivity contribution is -0.384. The molecule has 1 atom stereocenters. The molecule has 1 aliphatic rings. The number of nitrogens with one attached hydrogen (secondary N) is 1. The molecule has 3 N–H and O–H groups in total. The first kappa shape index (κ1) is 15.6. The number of benzene rings is 1. The van der Waals surface area contributed by atoms with Crippen LogP contribution in [0.1, 0.15) is 6.92 Å². The zero-order chi connectivity index (χ0) is 15.6. The maximum Gasteiger partial charge on any atom is 0.271 e. The normalized spacial score (nSPS) is 20.2. The van der Waals surface area contributed by atoms with Gasteiger partial charge in [0.25, 0.3) is 5.69 Å². The second-order valence-electron chi connectivity index (χ2n) is 4.62. The maximum absolute atomic E-state index is 12.7. The molecule has 1 aromatic carbocycles. The number of ether oxygens (including phenoxy) is 1. The molecule has 0 bridgehead atoms. The monoisotopic (exact) mass is 316 g/mol. The summed E-state index contributed by atoms with van der Waals surface area (Å²) in [5, 5.41) is 10.7. The van der Waals surface area contributed by atoms with Crippen molar-refractivity contribution < 1.29 is 18.1 Å². The molecule has 1 aromatic rings. The number of morpholine rings is 1. The van der Waals surface area contributed by atoms with E-state index in [9.17, 15) is 18.5 Å². The summed E-state index contributed by atoms with van der Waals surface area (Å²) >= 11 is 0. The van der Waals surface area contributed by atoms with Gasteiger partial charge in [-0.3, -0.25) is 16.0 Å². The summed E-state index contributed by atoms with van der Waals surface area (Å²) in [4.78, 5) is 10.0. The third kappa shape index (κ3) is 2.97. The summed E-state index contributed by atoms with van der Waals surface area (Å²) in [6, 6.07) is 3.10. The Morgan fingerprint density at radius 2 is 2.24 bits per heavy atom. The number of nitrogens with two attached hydrogens (primary N) is 1. The molecule has 0 aromatic heterocycles. The SMILES string of the molecule is CC1COCCN1S(=O)(=O)c1ccc([N+](=O)[O-])cc1NN. The lowest BCUT2D eigenvalue weighted by atomic mass is 10.3. The highest BCUT2D eigenvalue weighted by atomic mass is 32.2. The summed E-state index contributed by atoms with van der Waals surface area (Å²) in [5.74, 6) is 5.30. The van der Waals surface area contributed by atoms with Crippen LogP contribution in [0.3, 0.4) is 0 Å². The number of non-ortho nitro benzene ring substituents is 1. The molecule has 0 saturated carbocycles. The average molecular weight is 316 g/mol. The minimum Gasteiger partial charge on any atom is -0.378 e. The topological polar surface area (TPSA) is 128 Å². The molecule has 9 nitrogen and oxygen atoms in total. The molecular weight excluding hydrogens is 300 g/mol. The van der Waals surface area contributed by atoms with E-state index in [1.165, 1.54) is 10.4 Å². The molecule has 1 saturated heterocycles. The number of hydrogen-bond donors (Lipinski definition) is 2. The Labute approximate surface area is 121 Å². The molecule has 1 fully saturated rings. The molecule has 0 radical (unpaired) electrons. The minimum atomic E-state index is -3.81. The van der Waals surface area contributed by atoms with E-state index < -0.39 is 14.9 Å². The van der Waals surface area contributed by atoms with Crippen LogP contribution in [0.25, 0.3) is 0 Å². The average Bonchev–Trinajstić information content (AvgIpc) is 2.46. The van der Waals surface area contributed by atoms with Gasteiger partial charge in [0, 0.05) is 24.7 Å².